The van der Waals surface area contributed by atoms with Gasteiger partial charge >= 0.3 is 11.9 Å². The van der Waals surface area contributed by atoms with E-state index >= 15 is 0 Å². The molecule has 0 radical (unpaired) electrons. The summed E-state index contributed by atoms with van der Waals surface area (Å²) in [6.45, 7) is 4.55. The predicted molar refractivity (Wildman–Crippen MR) is 218 cm³/mol. The van der Waals surface area contributed by atoms with E-state index in [-0.39, 0.29) is 18.5 Å². The highest BCUT2D eigenvalue weighted by Crippen LogP contribution is 2.19. The van der Waals surface area contributed by atoms with Crippen LogP contribution in [0.15, 0.2) is 24.3 Å². The molecule has 1 unspecified atom stereocenters. The van der Waals surface area contributed by atoms with Gasteiger partial charge in [-0.25, -0.2) is 0 Å². The molecule has 0 saturated heterocycles. The van der Waals surface area contributed by atoms with Crippen molar-refractivity contribution in [2.24, 2.45) is 0 Å². The fourth-order valence-electron chi connectivity index (χ4n) is 6.86. The number of unbranched alkanes of at least 4 members (excludes halogenated alkanes) is 28. The van der Waals surface area contributed by atoms with Crippen LogP contribution in [0.5, 0.6) is 0 Å². The lowest BCUT2D eigenvalue weighted by atomic mass is 10.0. The molecule has 0 aromatic rings. The lowest BCUT2D eigenvalue weighted by molar-refractivity contribution is -0.150. The van der Waals surface area contributed by atoms with E-state index in [4.69, 9.17) is 9.84 Å². The van der Waals surface area contributed by atoms with E-state index in [1.54, 1.807) is 0 Å². The molecule has 4 nitrogen and oxygen atoms in total. The van der Waals surface area contributed by atoms with Crippen LogP contribution in [0.25, 0.3) is 0 Å². The SMILES string of the molecule is CCCCCCC/C=C\C/C=C\CCCCCC(CCCCCCCC(=O)O)OC(=O)CCCCCCCCCCCCCCCCCCC. The van der Waals surface area contributed by atoms with Crippen LogP contribution >= 0.6 is 0 Å². The number of ether oxygens (including phenoxy) is 1. The number of aliphatic carboxylic acids is 1. The number of hydrogen-bond acceptors (Lipinski definition) is 3. The molecule has 0 aliphatic carbocycles. The summed E-state index contributed by atoms with van der Waals surface area (Å²) >= 11 is 0. The third-order valence-corrected chi connectivity index (χ3v) is 10.2. The average Bonchev–Trinajstić information content (AvgIpc) is 3.10. The van der Waals surface area contributed by atoms with Crippen LogP contribution < -0.4 is 0 Å². The fourth-order valence-corrected chi connectivity index (χ4v) is 6.86. The van der Waals surface area contributed by atoms with Gasteiger partial charge in [-0.3, -0.25) is 9.59 Å². The number of carbonyl (C=O) groups excluding carboxylic acids is 1. The van der Waals surface area contributed by atoms with Gasteiger partial charge in [-0.05, 0) is 70.6 Å². The molecular weight excluding hydrogens is 617 g/mol. The zero-order valence-electron chi connectivity index (χ0n) is 33.7. The van der Waals surface area contributed by atoms with E-state index in [0.29, 0.717) is 6.42 Å². The lowest BCUT2D eigenvalue weighted by Crippen LogP contribution is -2.18. The first-order valence-electron chi connectivity index (χ1n) is 22.3. The molecule has 294 valence electrons. The number of carboxylic acid groups (broad SMARTS) is 1. The molecular formula is C46H86O4. The van der Waals surface area contributed by atoms with Gasteiger partial charge < -0.3 is 9.84 Å². The second-order valence-electron chi connectivity index (χ2n) is 15.2. The number of rotatable bonds is 41. The fraction of sp³-hybridized carbons (Fsp3) is 0.870. The Hall–Kier alpha value is -1.58. The largest absolute Gasteiger partial charge is 0.481 e. The Labute approximate surface area is 312 Å². The monoisotopic (exact) mass is 703 g/mol. The molecule has 0 amide bonds. The summed E-state index contributed by atoms with van der Waals surface area (Å²) < 4.78 is 6.02. The van der Waals surface area contributed by atoms with Gasteiger partial charge in [0.05, 0.1) is 0 Å². The standard InChI is InChI=1S/C46H86O4/c1-3-5-7-9-11-13-15-17-19-20-22-24-26-28-30-35-39-43-46(49)50-44(41-37-33-31-34-38-42-45(47)48)40-36-32-29-27-25-23-21-18-16-14-12-10-8-6-4-2/h16,18,23,25,44H,3-15,17,19-22,24,26-43H2,1-2H3,(H,47,48)/b18-16-,25-23-. The van der Waals surface area contributed by atoms with Gasteiger partial charge in [-0.2, -0.15) is 0 Å². The smallest absolute Gasteiger partial charge is 0.306 e. The molecule has 0 spiro atoms. The van der Waals surface area contributed by atoms with Crippen molar-refractivity contribution in [1.29, 1.82) is 0 Å². The topological polar surface area (TPSA) is 63.6 Å². The van der Waals surface area contributed by atoms with E-state index in [1.165, 1.54) is 148 Å². The highest BCUT2D eigenvalue weighted by Gasteiger charge is 2.14. The van der Waals surface area contributed by atoms with Gasteiger partial charge in [0, 0.05) is 12.8 Å². The van der Waals surface area contributed by atoms with Crippen LogP contribution in [0.1, 0.15) is 251 Å². The summed E-state index contributed by atoms with van der Waals surface area (Å²) in [4.78, 5) is 23.5. The number of allylic oxidation sites excluding steroid dienone is 4. The van der Waals surface area contributed by atoms with Crippen molar-refractivity contribution < 1.29 is 19.4 Å². The first kappa shape index (κ1) is 48.4. The van der Waals surface area contributed by atoms with Gasteiger partial charge in [0.15, 0.2) is 0 Å². The first-order valence-corrected chi connectivity index (χ1v) is 22.3. The molecule has 0 saturated carbocycles. The van der Waals surface area contributed by atoms with Crippen LogP contribution in [0.2, 0.25) is 0 Å². The van der Waals surface area contributed by atoms with Crippen molar-refractivity contribution in [3.63, 3.8) is 0 Å². The van der Waals surface area contributed by atoms with Gasteiger partial charge in [0.2, 0.25) is 0 Å². The maximum atomic E-state index is 12.7. The predicted octanol–water partition coefficient (Wildman–Crippen LogP) is 15.6. The molecule has 0 aliphatic heterocycles. The van der Waals surface area contributed by atoms with Crippen LogP contribution in [-0.2, 0) is 14.3 Å². The molecule has 0 aromatic carbocycles. The minimum atomic E-state index is -0.701. The third kappa shape index (κ3) is 40.8. The normalized spacial score (nSPS) is 12.4. The quantitative estimate of drug-likeness (QED) is 0.0391. The molecule has 4 heteroatoms. The average molecular weight is 703 g/mol. The molecule has 50 heavy (non-hydrogen) atoms. The molecule has 1 N–H and O–H groups in total. The number of carbonyl (C=O) groups is 2. The summed E-state index contributed by atoms with van der Waals surface area (Å²) in [5.74, 6) is -0.707. The minimum Gasteiger partial charge on any atom is -0.481 e. The summed E-state index contributed by atoms with van der Waals surface area (Å²) in [5, 5.41) is 8.84. The van der Waals surface area contributed by atoms with Gasteiger partial charge in [-0.1, -0.05) is 192 Å². The van der Waals surface area contributed by atoms with E-state index in [9.17, 15) is 9.59 Å². The van der Waals surface area contributed by atoms with E-state index in [1.807, 2.05) is 0 Å². The Kier molecular flexibility index (Phi) is 40.5. The molecule has 0 rings (SSSR count). The highest BCUT2D eigenvalue weighted by atomic mass is 16.5. The van der Waals surface area contributed by atoms with Crippen molar-refractivity contribution in [2.75, 3.05) is 0 Å². The maximum absolute atomic E-state index is 12.7. The molecule has 0 aliphatic rings. The van der Waals surface area contributed by atoms with Crippen LogP contribution in [0, 0.1) is 0 Å². The summed E-state index contributed by atoms with van der Waals surface area (Å²) in [5.41, 5.74) is 0. The second-order valence-corrected chi connectivity index (χ2v) is 15.2. The minimum absolute atomic E-state index is 0.00522. The number of hydrogen-bond donors (Lipinski definition) is 1. The maximum Gasteiger partial charge on any atom is 0.306 e. The van der Waals surface area contributed by atoms with Crippen LogP contribution in [-0.4, -0.2) is 23.1 Å². The van der Waals surface area contributed by atoms with Crippen molar-refractivity contribution >= 4 is 11.9 Å². The zero-order valence-corrected chi connectivity index (χ0v) is 33.7. The second kappa shape index (κ2) is 41.8. The number of carboxylic acids is 1. The molecule has 1 atom stereocenters. The summed E-state index contributed by atoms with van der Waals surface area (Å²) in [6.07, 6.45) is 53.5. The van der Waals surface area contributed by atoms with Gasteiger partial charge in [0.1, 0.15) is 6.10 Å². The molecule has 0 heterocycles. The van der Waals surface area contributed by atoms with Crippen molar-refractivity contribution in [2.45, 2.75) is 258 Å². The Morgan fingerprint density at radius 1 is 0.440 bits per heavy atom. The molecule has 0 fully saturated rings. The highest BCUT2D eigenvalue weighted by molar-refractivity contribution is 5.69. The van der Waals surface area contributed by atoms with Crippen LogP contribution in [0.4, 0.5) is 0 Å². The van der Waals surface area contributed by atoms with Crippen molar-refractivity contribution in [1.82, 2.24) is 0 Å². The summed E-state index contributed by atoms with van der Waals surface area (Å²) in [6, 6.07) is 0. The Balaban J connectivity index is 4.02. The van der Waals surface area contributed by atoms with E-state index in [2.05, 4.69) is 38.2 Å². The van der Waals surface area contributed by atoms with Gasteiger partial charge in [-0.15, -0.1) is 0 Å². The van der Waals surface area contributed by atoms with E-state index < -0.39 is 5.97 Å². The third-order valence-electron chi connectivity index (χ3n) is 10.2. The molecule has 0 aromatic heterocycles. The van der Waals surface area contributed by atoms with E-state index in [0.717, 1.165) is 77.0 Å². The Bertz CT molecular complexity index is 757. The van der Waals surface area contributed by atoms with Crippen molar-refractivity contribution in [3.8, 4) is 0 Å². The van der Waals surface area contributed by atoms with Crippen molar-refractivity contribution in [3.05, 3.63) is 24.3 Å². The Morgan fingerprint density at radius 2 is 0.780 bits per heavy atom. The molecule has 0 bridgehead atoms. The summed E-state index contributed by atoms with van der Waals surface area (Å²) in [7, 11) is 0. The lowest BCUT2D eigenvalue weighted by Gasteiger charge is -2.18. The first-order chi connectivity index (χ1) is 24.6. The zero-order chi connectivity index (χ0) is 36.4. The number of esters is 1. The van der Waals surface area contributed by atoms with Gasteiger partial charge in [0.25, 0.3) is 0 Å². The Morgan fingerprint density at radius 3 is 1.20 bits per heavy atom. The van der Waals surface area contributed by atoms with Crippen LogP contribution in [0.3, 0.4) is 0 Å².